The number of halogens is 1. The van der Waals surface area contributed by atoms with Crippen molar-refractivity contribution in [3.63, 3.8) is 0 Å². The lowest BCUT2D eigenvalue weighted by atomic mass is 10.1. The highest BCUT2D eigenvalue weighted by Gasteiger charge is 2.10. The summed E-state index contributed by atoms with van der Waals surface area (Å²) in [5.41, 5.74) is 9.41. The first-order valence-electron chi connectivity index (χ1n) is 8.72. The van der Waals surface area contributed by atoms with Crippen molar-refractivity contribution in [2.45, 2.75) is 27.7 Å². The summed E-state index contributed by atoms with van der Waals surface area (Å²) < 4.78 is 15.1. The number of nitrogens with zero attached hydrogens (tertiary/aromatic N) is 2. The van der Waals surface area contributed by atoms with Gasteiger partial charge in [-0.15, -0.1) is 0 Å². The fraction of sp³-hybridized carbons (Fsp3) is 0.182. The summed E-state index contributed by atoms with van der Waals surface area (Å²) in [5, 5.41) is 4.05. The SMILES string of the molecule is Cc1cc(C)cc(-n2c(C)cc(/C=N\NC(=O)c3ccc(F)cc3)c2C)c1. The van der Waals surface area contributed by atoms with E-state index in [-0.39, 0.29) is 11.7 Å². The molecule has 0 fully saturated rings. The molecule has 3 aromatic rings. The van der Waals surface area contributed by atoms with Crippen LogP contribution in [0.3, 0.4) is 0 Å². The highest BCUT2D eigenvalue weighted by atomic mass is 19.1. The summed E-state index contributed by atoms with van der Waals surface area (Å²) in [6.07, 6.45) is 1.63. The average molecular weight is 363 g/mol. The highest BCUT2D eigenvalue weighted by Crippen LogP contribution is 2.21. The number of hydrogen-bond acceptors (Lipinski definition) is 2. The smallest absolute Gasteiger partial charge is 0.271 e. The van der Waals surface area contributed by atoms with Crippen LogP contribution in [-0.4, -0.2) is 16.7 Å². The quantitative estimate of drug-likeness (QED) is 0.534. The molecule has 1 heterocycles. The van der Waals surface area contributed by atoms with Crippen LogP contribution < -0.4 is 5.43 Å². The molecule has 0 bridgehead atoms. The third kappa shape index (κ3) is 4.14. The Kier molecular flexibility index (Phi) is 5.21. The van der Waals surface area contributed by atoms with E-state index in [2.05, 4.69) is 47.1 Å². The average Bonchev–Trinajstić information content (AvgIpc) is 2.88. The molecule has 5 heteroatoms. The van der Waals surface area contributed by atoms with Crippen molar-refractivity contribution in [1.29, 1.82) is 0 Å². The molecule has 2 aromatic carbocycles. The summed E-state index contributed by atoms with van der Waals surface area (Å²) in [4.78, 5) is 12.0. The van der Waals surface area contributed by atoms with E-state index < -0.39 is 0 Å². The fourth-order valence-electron chi connectivity index (χ4n) is 3.22. The minimum absolute atomic E-state index is 0.356. The number of hydrogen-bond donors (Lipinski definition) is 1. The van der Waals surface area contributed by atoms with E-state index in [9.17, 15) is 9.18 Å². The van der Waals surface area contributed by atoms with Gasteiger partial charge in [0.15, 0.2) is 0 Å². The largest absolute Gasteiger partial charge is 0.318 e. The lowest BCUT2D eigenvalue weighted by Gasteiger charge is -2.11. The Morgan fingerprint density at radius 3 is 2.26 bits per heavy atom. The lowest BCUT2D eigenvalue weighted by molar-refractivity contribution is 0.0955. The van der Waals surface area contributed by atoms with Crippen LogP contribution in [0.15, 0.2) is 53.6 Å². The van der Waals surface area contributed by atoms with Crippen LogP contribution in [0.25, 0.3) is 5.69 Å². The standard InChI is InChI=1S/C22H22FN3O/c1-14-9-15(2)11-21(10-14)26-16(3)12-19(17(26)4)13-24-25-22(27)18-5-7-20(23)8-6-18/h5-13H,1-4H3,(H,25,27)/b24-13-. The van der Waals surface area contributed by atoms with Gasteiger partial charge in [-0.1, -0.05) is 6.07 Å². The van der Waals surface area contributed by atoms with Crippen LogP contribution in [0.4, 0.5) is 4.39 Å². The van der Waals surface area contributed by atoms with Crippen LogP contribution >= 0.6 is 0 Å². The van der Waals surface area contributed by atoms with Gasteiger partial charge in [0.05, 0.1) is 6.21 Å². The molecule has 1 N–H and O–H groups in total. The van der Waals surface area contributed by atoms with E-state index in [1.807, 2.05) is 19.9 Å². The number of benzene rings is 2. The van der Waals surface area contributed by atoms with E-state index in [4.69, 9.17) is 0 Å². The van der Waals surface area contributed by atoms with Crippen LogP contribution in [0.2, 0.25) is 0 Å². The molecule has 0 radical (unpaired) electrons. The predicted octanol–water partition coefficient (Wildman–Crippen LogP) is 4.61. The monoisotopic (exact) mass is 363 g/mol. The minimum atomic E-state index is -0.381. The van der Waals surface area contributed by atoms with E-state index in [0.717, 1.165) is 22.6 Å². The molecule has 0 aliphatic heterocycles. The Balaban J connectivity index is 1.81. The Labute approximate surface area is 158 Å². The van der Waals surface area contributed by atoms with Gasteiger partial charge < -0.3 is 4.57 Å². The number of aromatic nitrogens is 1. The van der Waals surface area contributed by atoms with Gasteiger partial charge in [0.1, 0.15) is 5.82 Å². The first-order valence-corrected chi connectivity index (χ1v) is 8.72. The van der Waals surface area contributed by atoms with E-state index in [0.29, 0.717) is 5.56 Å². The Morgan fingerprint density at radius 2 is 1.63 bits per heavy atom. The van der Waals surface area contributed by atoms with Crippen molar-refractivity contribution in [3.8, 4) is 5.69 Å². The molecule has 0 saturated carbocycles. The second kappa shape index (κ2) is 7.58. The third-order valence-corrected chi connectivity index (χ3v) is 4.41. The minimum Gasteiger partial charge on any atom is -0.318 e. The predicted molar refractivity (Wildman–Crippen MR) is 106 cm³/mol. The van der Waals surface area contributed by atoms with E-state index >= 15 is 0 Å². The number of amides is 1. The second-order valence-corrected chi connectivity index (χ2v) is 6.71. The molecule has 1 aromatic heterocycles. The van der Waals surface area contributed by atoms with Gasteiger partial charge in [0, 0.05) is 28.2 Å². The van der Waals surface area contributed by atoms with Gasteiger partial charge in [-0.05, 0) is 81.3 Å². The zero-order chi connectivity index (χ0) is 19.6. The van der Waals surface area contributed by atoms with E-state index in [1.165, 1.54) is 35.4 Å². The summed E-state index contributed by atoms with van der Waals surface area (Å²) >= 11 is 0. The molecule has 138 valence electrons. The molecule has 4 nitrogen and oxygen atoms in total. The number of carbonyl (C=O) groups excluding carboxylic acids is 1. The molecular weight excluding hydrogens is 341 g/mol. The highest BCUT2D eigenvalue weighted by molar-refractivity contribution is 5.95. The molecular formula is C22H22FN3O. The summed E-state index contributed by atoms with van der Waals surface area (Å²) in [6.45, 7) is 8.23. The fourth-order valence-corrected chi connectivity index (χ4v) is 3.22. The Hall–Kier alpha value is -3.21. The second-order valence-electron chi connectivity index (χ2n) is 6.71. The molecule has 0 aliphatic rings. The molecule has 0 unspecified atom stereocenters. The Morgan fingerprint density at radius 1 is 1.00 bits per heavy atom. The molecule has 27 heavy (non-hydrogen) atoms. The van der Waals surface area contributed by atoms with Crippen molar-refractivity contribution in [2.75, 3.05) is 0 Å². The van der Waals surface area contributed by atoms with Gasteiger partial charge in [0.2, 0.25) is 0 Å². The number of rotatable bonds is 4. The summed E-state index contributed by atoms with van der Waals surface area (Å²) in [5.74, 6) is -0.761. The maximum atomic E-state index is 12.9. The number of hydrazone groups is 1. The van der Waals surface area contributed by atoms with Gasteiger partial charge in [-0.25, -0.2) is 9.82 Å². The van der Waals surface area contributed by atoms with Crippen LogP contribution in [-0.2, 0) is 0 Å². The molecule has 1 amide bonds. The van der Waals surface area contributed by atoms with Crippen LogP contribution in [0.5, 0.6) is 0 Å². The van der Waals surface area contributed by atoms with Crippen molar-refractivity contribution in [2.24, 2.45) is 5.10 Å². The molecule has 0 saturated heterocycles. The lowest BCUT2D eigenvalue weighted by Crippen LogP contribution is -2.17. The van der Waals surface area contributed by atoms with Crippen molar-refractivity contribution >= 4 is 12.1 Å². The first kappa shape index (κ1) is 18.6. The van der Waals surface area contributed by atoms with Crippen molar-refractivity contribution in [3.05, 3.63) is 88.0 Å². The first-order chi connectivity index (χ1) is 12.8. The molecule has 3 rings (SSSR count). The molecule has 0 aliphatic carbocycles. The number of nitrogens with one attached hydrogen (secondary N) is 1. The van der Waals surface area contributed by atoms with Gasteiger partial charge in [-0.2, -0.15) is 5.10 Å². The van der Waals surface area contributed by atoms with Crippen LogP contribution in [0, 0.1) is 33.5 Å². The van der Waals surface area contributed by atoms with Gasteiger partial charge in [-0.3, -0.25) is 4.79 Å². The third-order valence-electron chi connectivity index (χ3n) is 4.41. The number of aryl methyl sites for hydroxylation is 3. The van der Waals surface area contributed by atoms with Gasteiger partial charge >= 0.3 is 0 Å². The summed E-state index contributed by atoms with van der Waals surface area (Å²) in [6, 6.07) is 13.8. The zero-order valence-electron chi connectivity index (χ0n) is 15.9. The Bertz CT molecular complexity index is 997. The van der Waals surface area contributed by atoms with E-state index in [1.54, 1.807) is 6.21 Å². The normalized spacial score (nSPS) is 11.1. The van der Waals surface area contributed by atoms with Crippen molar-refractivity contribution in [1.82, 2.24) is 9.99 Å². The number of carbonyl (C=O) groups is 1. The maximum Gasteiger partial charge on any atom is 0.271 e. The summed E-state index contributed by atoms with van der Waals surface area (Å²) in [7, 11) is 0. The molecule has 0 spiro atoms. The van der Waals surface area contributed by atoms with Crippen LogP contribution in [0.1, 0.15) is 38.4 Å². The topological polar surface area (TPSA) is 46.4 Å². The molecule has 0 atom stereocenters. The zero-order valence-corrected chi connectivity index (χ0v) is 15.9. The maximum absolute atomic E-state index is 12.9. The van der Waals surface area contributed by atoms with Gasteiger partial charge in [0.25, 0.3) is 5.91 Å². The van der Waals surface area contributed by atoms with Crippen molar-refractivity contribution < 1.29 is 9.18 Å².